The van der Waals surface area contributed by atoms with Crippen LogP contribution in [0, 0.1) is 6.92 Å². The summed E-state index contributed by atoms with van der Waals surface area (Å²) in [5, 5.41) is 4.00. The summed E-state index contributed by atoms with van der Waals surface area (Å²) in [5.74, 6) is 0.798. The van der Waals surface area contributed by atoms with Crippen LogP contribution in [0.1, 0.15) is 21.6 Å². The molecule has 2 rings (SSSR count). The van der Waals surface area contributed by atoms with Crippen molar-refractivity contribution in [3.63, 3.8) is 0 Å². The minimum Gasteiger partial charge on any atom is -0.317 e. The second-order valence-corrected chi connectivity index (χ2v) is 4.49. The fourth-order valence-corrected chi connectivity index (χ4v) is 2.21. The molecule has 0 bridgehead atoms. The molecule has 1 atom stereocenters. The quantitative estimate of drug-likeness (QED) is 0.807. The number of nitrogens with zero attached hydrogens (tertiary/aromatic N) is 3. The standard InChI is InChI=1S/C9H12N4S/c1-6-3-4-7(14-6)8(10)9-11-5-12-13(9)2/h3-5,8H,10H2,1-2H3. The molecule has 5 heteroatoms. The molecule has 0 fully saturated rings. The third-order valence-corrected chi connectivity index (χ3v) is 3.18. The van der Waals surface area contributed by atoms with Crippen LogP contribution < -0.4 is 5.73 Å². The smallest absolute Gasteiger partial charge is 0.148 e. The van der Waals surface area contributed by atoms with Crippen molar-refractivity contribution in [3.8, 4) is 0 Å². The van der Waals surface area contributed by atoms with Gasteiger partial charge in [0.25, 0.3) is 0 Å². The van der Waals surface area contributed by atoms with Crippen LogP contribution in [0.15, 0.2) is 18.5 Å². The van der Waals surface area contributed by atoms with Crippen LogP contribution in [-0.2, 0) is 7.05 Å². The van der Waals surface area contributed by atoms with Gasteiger partial charge in [0.05, 0.1) is 6.04 Å². The van der Waals surface area contributed by atoms with E-state index in [0.29, 0.717) is 0 Å². The van der Waals surface area contributed by atoms with Crippen molar-refractivity contribution in [1.29, 1.82) is 0 Å². The second kappa shape index (κ2) is 3.51. The zero-order valence-electron chi connectivity index (χ0n) is 8.14. The lowest BCUT2D eigenvalue weighted by atomic mass is 10.2. The predicted molar refractivity (Wildman–Crippen MR) is 56.1 cm³/mol. The molecule has 0 amide bonds. The number of hydrogen-bond donors (Lipinski definition) is 1. The molecule has 0 saturated carbocycles. The van der Waals surface area contributed by atoms with E-state index in [4.69, 9.17) is 5.73 Å². The molecule has 14 heavy (non-hydrogen) atoms. The Kier molecular flexibility index (Phi) is 2.35. The predicted octanol–water partition coefficient (Wildman–Crippen LogP) is 1.23. The van der Waals surface area contributed by atoms with E-state index in [1.54, 1.807) is 16.0 Å². The molecular formula is C9H12N4S. The molecule has 0 aromatic carbocycles. The first-order valence-corrected chi connectivity index (χ1v) is 5.16. The fourth-order valence-electron chi connectivity index (χ4n) is 1.33. The van der Waals surface area contributed by atoms with Gasteiger partial charge in [-0.05, 0) is 19.1 Å². The summed E-state index contributed by atoms with van der Waals surface area (Å²) in [6.45, 7) is 2.07. The third-order valence-electron chi connectivity index (χ3n) is 2.09. The molecule has 2 aromatic heterocycles. The highest BCUT2D eigenvalue weighted by Crippen LogP contribution is 2.24. The normalized spacial score (nSPS) is 13.1. The topological polar surface area (TPSA) is 56.7 Å². The fraction of sp³-hybridized carbons (Fsp3) is 0.333. The van der Waals surface area contributed by atoms with Gasteiger partial charge in [0.1, 0.15) is 12.2 Å². The number of aromatic nitrogens is 3. The van der Waals surface area contributed by atoms with E-state index in [-0.39, 0.29) is 6.04 Å². The zero-order chi connectivity index (χ0) is 10.1. The summed E-state index contributed by atoms with van der Waals surface area (Å²) < 4.78 is 1.71. The van der Waals surface area contributed by atoms with Crippen LogP contribution in [0.4, 0.5) is 0 Å². The number of nitrogens with two attached hydrogens (primary N) is 1. The van der Waals surface area contributed by atoms with Gasteiger partial charge in [-0.1, -0.05) is 0 Å². The van der Waals surface area contributed by atoms with E-state index in [2.05, 4.69) is 23.1 Å². The Labute approximate surface area is 86.4 Å². The van der Waals surface area contributed by atoms with Gasteiger partial charge in [0.15, 0.2) is 0 Å². The molecule has 0 radical (unpaired) electrons. The summed E-state index contributed by atoms with van der Waals surface area (Å²) in [6, 6.07) is 3.94. The monoisotopic (exact) mass is 208 g/mol. The molecule has 0 spiro atoms. The van der Waals surface area contributed by atoms with Gasteiger partial charge in [-0.2, -0.15) is 5.10 Å². The van der Waals surface area contributed by atoms with Crippen molar-refractivity contribution >= 4 is 11.3 Å². The van der Waals surface area contributed by atoms with Gasteiger partial charge in [-0.15, -0.1) is 11.3 Å². The van der Waals surface area contributed by atoms with Gasteiger partial charge < -0.3 is 5.73 Å². The molecule has 1 unspecified atom stereocenters. The molecule has 2 heterocycles. The maximum Gasteiger partial charge on any atom is 0.148 e. The average molecular weight is 208 g/mol. The third kappa shape index (κ3) is 1.56. The first-order valence-electron chi connectivity index (χ1n) is 4.34. The second-order valence-electron chi connectivity index (χ2n) is 3.17. The van der Waals surface area contributed by atoms with E-state index < -0.39 is 0 Å². The Morgan fingerprint density at radius 3 is 2.79 bits per heavy atom. The minimum atomic E-state index is -0.166. The largest absolute Gasteiger partial charge is 0.317 e. The maximum absolute atomic E-state index is 6.06. The van der Waals surface area contributed by atoms with E-state index >= 15 is 0 Å². The number of rotatable bonds is 2. The number of thiophene rings is 1. The van der Waals surface area contributed by atoms with E-state index in [1.165, 1.54) is 11.2 Å². The highest BCUT2D eigenvalue weighted by atomic mass is 32.1. The average Bonchev–Trinajstić information content (AvgIpc) is 2.73. The lowest BCUT2D eigenvalue weighted by Crippen LogP contribution is -2.15. The van der Waals surface area contributed by atoms with Crippen LogP contribution in [0.25, 0.3) is 0 Å². The molecule has 0 aliphatic carbocycles. The van der Waals surface area contributed by atoms with Gasteiger partial charge in [0, 0.05) is 16.8 Å². The number of hydrogen-bond acceptors (Lipinski definition) is 4. The Balaban J connectivity index is 2.33. The molecule has 2 aromatic rings. The van der Waals surface area contributed by atoms with Crippen molar-refractivity contribution in [2.75, 3.05) is 0 Å². The number of aryl methyl sites for hydroxylation is 2. The van der Waals surface area contributed by atoms with Crippen LogP contribution >= 0.6 is 11.3 Å². The molecule has 2 N–H and O–H groups in total. The molecule has 0 aliphatic heterocycles. The first kappa shape index (κ1) is 9.36. The zero-order valence-corrected chi connectivity index (χ0v) is 8.95. The van der Waals surface area contributed by atoms with E-state index in [0.717, 1.165) is 10.7 Å². The van der Waals surface area contributed by atoms with Crippen molar-refractivity contribution in [2.45, 2.75) is 13.0 Å². The molecule has 0 aliphatic rings. The molecular weight excluding hydrogens is 196 g/mol. The lowest BCUT2D eigenvalue weighted by Gasteiger charge is -2.07. The van der Waals surface area contributed by atoms with Crippen LogP contribution in [0.3, 0.4) is 0 Å². The highest BCUT2D eigenvalue weighted by molar-refractivity contribution is 7.12. The van der Waals surface area contributed by atoms with Crippen molar-refractivity contribution in [2.24, 2.45) is 12.8 Å². The highest BCUT2D eigenvalue weighted by Gasteiger charge is 2.15. The van der Waals surface area contributed by atoms with Gasteiger partial charge in [0.2, 0.25) is 0 Å². The molecule has 0 saturated heterocycles. The Morgan fingerprint density at radius 2 is 2.29 bits per heavy atom. The van der Waals surface area contributed by atoms with Crippen molar-refractivity contribution in [3.05, 3.63) is 34.0 Å². The van der Waals surface area contributed by atoms with E-state index in [9.17, 15) is 0 Å². The molecule has 4 nitrogen and oxygen atoms in total. The van der Waals surface area contributed by atoms with Crippen LogP contribution in [0.5, 0.6) is 0 Å². The minimum absolute atomic E-state index is 0.166. The van der Waals surface area contributed by atoms with Gasteiger partial charge >= 0.3 is 0 Å². The summed E-state index contributed by atoms with van der Waals surface area (Å²) in [6.07, 6.45) is 1.52. The first-order chi connectivity index (χ1) is 6.68. The summed E-state index contributed by atoms with van der Waals surface area (Å²) >= 11 is 1.70. The Hall–Kier alpha value is -1.20. The Morgan fingerprint density at radius 1 is 1.50 bits per heavy atom. The maximum atomic E-state index is 6.06. The van der Waals surface area contributed by atoms with Crippen molar-refractivity contribution in [1.82, 2.24) is 14.8 Å². The summed E-state index contributed by atoms with van der Waals surface area (Å²) in [4.78, 5) is 6.52. The van der Waals surface area contributed by atoms with E-state index in [1.807, 2.05) is 13.1 Å². The van der Waals surface area contributed by atoms with Crippen LogP contribution in [-0.4, -0.2) is 14.8 Å². The van der Waals surface area contributed by atoms with Gasteiger partial charge in [-0.3, -0.25) is 4.68 Å². The van der Waals surface area contributed by atoms with Crippen LogP contribution in [0.2, 0.25) is 0 Å². The van der Waals surface area contributed by atoms with Gasteiger partial charge in [-0.25, -0.2) is 4.98 Å². The lowest BCUT2D eigenvalue weighted by molar-refractivity contribution is 0.664. The SMILES string of the molecule is Cc1ccc(C(N)c2ncnn2C)s1. The molecule has 74 valence electrons. The summed E-state index contributed by atoms with van der Waals surface area (Å²) in [5.41, 5.74) is 6.06. The summed E-state index contributed by atoms with van der Waals surface area (Å²) in [7, 11) is 1.85. The Bertz CT molecular complexity index is 431. The van der Waals surface area contributed by atoms with Crippen molar-refractivity contribution < 1.29 is 0 Å².